The molecule has 0 atom stereocenters. The highest BCUT2D eigenvalue weighted by atomic mass is 32.2. The van der Waals surface area contributed by atoms with Crippen molar-refractivity contribution >= 4 is 11.8 Å². The zero-order chi connectivity index (χ0) is 11.7. The SMILES string of the molecule is CCSCCCNC1C2CC3CC(C2)CC1C3. The van der Waals surface area contributed by atoms with Gasteiger partial charge in [-0.05, 0) is 80.2 Å². The van der Waals surface area contributed by atoms with Crippen LogP contribution in [-0.2, 0) is 0 Å². The van der Waals surface area contributed by atoms with Crippen molar-refractivity contribution in [3.05, 3.63) is 0 Å². The van der Waals surface area contributed by atoms with Crippen LogP contribution in [0.2, 0.25) is 0 Å². The molecule has 0 aromatic carbocycles. The first-order valence-corrected chi connectivity index (χ1v) is 8.83. The normalized spacial score (nSPS) is 43.2. The maximum absolute atomic E-state index is 3.91. The third-order valence-corrected chi connectivity index (χ3v) is 6.26. The van der Waals surface area contributed by atoms with Crippen LogP contribution in [0.15, 0.2) is 0 Å². The van der Waals surface area contributed by atoms with Gasteiger partial charge in [0, 0.05) is 6.04 Å². The lowest BCUT2D eigenvalue weighted by Gasteiger charge is -2.54. The van der Waals surface area contributed by atoms with Crippen molar-refractivity contribution < 1.29 is 0 Å². The molecule has 4 aliphatic carbocycles. The van der Waals surface area contributed by atoms with E-state index in [1.807, 2.05) is 0 Å². The highest BCUT2D eigenvalue weighted by Crippen LogP contribution is 2.53. The van der Waals surface area contributed by atoms with Gasteiger partial charge in [0.2, 0.25) is 0 Å². The van der Waals surface area contributed by atoms with Crippen LogP contribution in [0.25, 0.3) is 0 Å². The first-order valence-electron chi connectivity index (χ1n) is 7.68. The molecule has 0 heterocycles. The lowest BCUT2D eigenvalue weighted by molar-refractivity contribution is -0.0134. The van der Waals surface area contributed by atoms with Gasteiger partial charge < -0.3 is 5.32 Å². The van der Waals surface area contributed by atoms with E-state index in [0.717, 1.165) is 29.7 Å². The molecule has 1 N–H and O–H groups in total. The van der Waals surface area contributed by atoms with Crippen molar-refractivity contribution in [2.75, 3.05) is 18.1 Å². The highest BCUT2D eigenvalue weighted by molar-refractivity contribution is 7.99. The van der Waals surface area contributed by atoms with Crippen molar-refractivity contribution in [3.8, 4) is 0 Å². The third-order valence-electron chi connectivity index (χ3n) is 5.28. The molecule has 0 radical (unpaired) electrons. The van der Waals surface area contributed by atoms with Crippen LogP contribution in [0.3, 0.4) is 0 Å². The molecule has 0 spiro atoms. The van der Waals surface area contributed by atoms with E-state index in [0.29, 0.717) is 0 Å². The molecule has 1 nitrogen and oxygen atoms in total. The summed E-state index contributed by atoms with van der Waals surface area (Å²) in [5, 5.41) is 3.91. The van der Waals surface area contributed by atoms with Gasteiger partial charge in [-0.2, -0.15) is 11.8 Å². The van der Waals surface area contributed by atoms with Gasteiger partial charge >= 0.3 is 0 Å². The minimum Gasteiger partial charge on any atom is -0.313 e. The van der Waals surface area contributed by atoms with Crippen molar-refractivity contribution in [1.29, 1.82) is 0 Å². The molecule has 0 aromatic rings. The predicted octanol–water partition coefficient (Wildman–Crippen LogP) is 3.54. The monoisotopic (exact) mass is 253 g/mol. The molecule has 2 heteroatoms. The van der Waals surface area contributed by atoms with Crippen LogP contribution in [0.1, 0.15) is 45.4 Å². The maximum atomic E-state index is 3.91. The molecule has 4 bridgehead atoms. The van der Waals surface area contributed by atoms with E-state index in [1.165, 1.54) is 24.5 Å². The topological polar surface area (TPSA) is 12.0 Å². The lowest BCUT2D eigenvalue weighted by Crippen LogP contribution is -2.54. The zero-order valence-corrected chi connectivity index (χ0v) is 12.0. The van der Waals surface area contributed by atoms with E-state index in [-0.39, 0.29) is 0 Å². The number of rotatable bonds is 6. The van der Waals surface area contributed by atoms with Gasteiger partial charge in [-0.15, -0.1) is 0 Å². The Labute approximate surface area is 111 Å². The van der Waals surface area contributed by atoms with E-state index >= 15 is 0 Å². The first-order chi connectivity index (χ1) is 8.36. The van der Waals surface area contributed by atoms with Crippen LogP contribution >= 0.6 is 11.8 Å². The molecule has 4 rings (SSSR count). The van der Waals surface area contributed by atoms with Crippen molar-refractivity contribution in [2.45, 2.75) is 51.5 Å². The van der Waals surface area contributed by atoms with Crippen molar-refractivity contribution in [2.24, 2.45) is 23.7 Å². The van der Waals surface area contributed by atoms with Crippen molar-refractivity contribution in [3.63, 3.8) is 0 Å². The number of hydrogen-bond acceptors (Lipinski definition) is 2. The Kier molecular flexibility index (Phi) is 4.01. The Morgan fingerprint density at radius 3 is 2.24 bits per heavy atom. The van der Waals surface area contributed by atoms with Crippen LogP contribution in [0, 0.1) is 23.7 Å². The summed E-state index contributed by atoms with van der Waals surface area (Å²) in [5.41, 5.74) is 0. The molecule has 4 fully saturated rings. The van der Waals surface area contributed by atoms with Gasteiger partial charge in [0.05, 0.1) is 0 Å². The van der Waals surface area contributed by atoms with Gasteiger partial charge in [-0.25, -0.2) is 0 Å². The van der Waals surface area contributed by atoms with Crippen LogP contribution in [0.4, 0.5) is 0 Å². The quantitative estimate of drug-likeness (QED) is 0.727. The summed E-state index contributed by atoms with van der Waals surface area (Å²) in [4.78, 5) is 0. The molecule has 0 unspecified atom stereocenters. The molecule has 0 aliphatic heterocycles. The van der Waals surface area contributed by atoms with Crippen LogP contribution in [-0.4, -0.2) is 24.1 Å². The summed E-state index contributed by atoms with van der Waals surface area (Å²) in [7, 11) is 0. The van der Waals surface area contributed by atoms with Gasteiger partial charge in [-0.1, -0.05) is 6.92 Å². The van der Waals surface area contributed by atoms with E-state index in [4.69, 9.17) is 0 Å². The molecular formula is C15H27NS. The largest absolute Gasteiger partial charge is 0.313 e. The Morgan fingerprint density at radius 2 is 1.65 bits per heavy atom. The fraction of sp³-hybridized carbons (Fsp3) is 1.00. The summed E-state index contributed by atoms with van der Waals surface area (Å²) in [6.07, 6.45) is 9.14. The second-order valence-electron chi connectivity index (χ2n) is 6.46. The Morgan fingerprint density at radius 1 is 1.00 bits per heavy atom. The minimum atomic E-state index is 0.898. The summed E-state index contributed by atoms with van der Waals surface area (Å²) >= 11 is 2.08. The van der Waals surface area contributed by atoms with Gasteiger partial charge in [-0.3, -0.25) is 0 Å². The van der Waals surface area contributed by atoms with Gasteiger partial charge in [0.15, 0.2) is 0 Å². The molecule has 0 aromatic heterocycles. The standard InChI is InChI=1S/C15H27NS/c1-2-17-5-3-4-16-15-13-7-11-6-12(9-13)10-14(15)8-11/h11-16H,2-10H2,1H3. The first kappa shape index (κ1) is 12.3. The Balaban J connectivity index is 1.44. The Hall–Kier alpha value is 0.310. The molecule has 4 aliphatic rings. The second-order valence-corrected chi connectivity index (χ2v) is 7.85. The van der Waals surface area contributed by atoms with E-state index < -0.39 is 0 Å². The molecule has 4 saturated carbocycles. The average Bonchev–Trinajstić information content (AvgIpc) is 2.31. The maximum Gasteiger partial charge on any atom is 0.0124 e. The predicted molar refractivity (Wildman–Crippen MR) is 76.5 cm³/mol. The van der Waals surface area contributed by atoms with E-state index in [2.05, 4.69) is 24.0 Å². The summed E-state index contributed by atoms with van der Waals surface area (Å²) < 4.78 is 0. The second kappa shape index (κ2) is 5.52. The fourth-order valence-electron chi connectivity index (χ4n) is 4.85. The number of hydrogen-bond donors (Lipinski definition) is 1. The average molecular weight is 253 g/mol. The zero-order valence-electron chi connectivity index (χ0n) is 11.2. The smallest absolute Gasteiger partial charge is 0.0124 e. The lowest BCUT2D eigenvalue weighted by atomic mass is 9.54. The van der Waals surface area contributed by atoms with E-state index in [9.17, 15) is 0 Å². The molecule has 17 heavy (non-hydrogen) atoms. The van der Waals surface area contributed by atoms with Crippen LogP contribution < -0.4 is 5.32 Å². The van der Waals surface area contributed by atoms with Crippen molar-refractivity contribution in [1.82, 2.24) is 5.32 Å². The number of nitrogens with one attached hydrogen (secondary N) is 1. The van der Waals surface area contributed by atoms with Gasteiger partial charge in [0.1, 0.15) is 0 Å². The van der Waals surface area contributed by atoms with Gasteiger partial charge in [0.25, 0.3) is 0 Å². The summed E-state index contributed by atoms with van der Waals surface area (Å²) in [6.45, 7) is 3.52. The Bertz CT molecular complexity index is 225. The molecule has 0 amide bonds. The minimum absolute atomic E-state index is 0.898. The molecular weight excluding hydrogens is 226 g/mol. The fourth-order valence-corrected chi connectivity index (χ4v) is 5.48. The van der Waals surface area contributed by atoms with E-state index in [1.54, 1.807) is 32.1 Å². The van der Waals surface area contributed by atoms with Crippen LogP contribution in [0.5, 0.6) is 0 Å². The highest BCUT2D eigenvalue weighted by Gasteiger charge is 2.47. The molecule has 98 valence electrons. The summed E-state index contributed by atoms with van der Waals surface area (Å²) in [5.74, 6) is 6.95. The summed E-state index contributed by atoms with van der Waals surface area (Å²) in [6, 6.07) is 0.898. The number of thioether (sulfide) groups is 1. The third kappa shape index (κ3) is 2.68. The molecule has 0 saturated heterocycles.